The van der Waals surface area contributed by atoms with Crippen molar-refractivity contribution in [3.05, 3.63) is 138 Å². The number of methoxy groups -OCH3 is 1. The van der Waals surface area contributed by atoms with Crippen molar-refractivity contribution >= 4 is 40.7 Å². The van der Waals surface area contributed by atoms with Gasteiger partial charge >= 0.3 is 5.97 Å². The molecule has 0 unspecified atom stereocenters. The van der Waals surface area contributed by atoms with Crippen LogP contribution < -0.4 is 19.6 Å². The van der Waals surface area contributed by atoms with Gasteiger partial charge in [-0.3, -0.25) is 9.36 Å². The lowest BCUT2D eigenvalue weighted by molar-refractivity contribution is -0.138. The van der Waals surface area contributed by atoms with E-state index in [0.717, 1.165) is 11.1 Å². The van der Waals surface area contributed by atoms with E-state index in [4.69, 9.17) is 30.5 Å². The highest BCUT2D eigenvalue weighted by Gasteiger charge is 2.35. The zero-order valence-corrected chi connectivity index (χ0v) is 24.3. The van der Waals surface area contributed by atoms with Crippen LogP contribution in [0.4, 0.5) is 0 Å². The summed E-state index contributed by atoms with van der Waals surface area (Å²) in [4.78, 5) is 33.0. The van der Waals surface area contributed by atoms with Crippen molar-refractivity contribution in [3.63, 3.8) is 0 Å². The fraction of sp³-hybridized carbons (Fsp3) is 0.121. The Hall–Kier alpha value is -4.66. The van der Waals surface area contributed by atoms with Crippen molar-refractivity contribution < 1.29 is 18.7 Å². The number of hydrogen-bond acceptors (Lipinski definition) is 7. The molecular weight excluding hydrogens is 572 g/mol. The molecule has 1 aliphatic heterocycles. The molecule has 0 saturated heterocycles. The van der Waals surface area contributed by atoms with Gasteiger partial charge in [0.05, 0.1) is 35.6 Å². The summed E-state index contributed by atoms with van der Waals surface area (Å²) < 4.78 is 19.0. The van der Waals surface area contributed by atoms with Crippen molar-refractivity contribution in [1.29, 1.82) is 0 Å². The third-order valence-corrected chi connectivity index (χ3v) is 8.01. The SMILES string of the molecule is CCOC(=O)C1=C(c2ccccc2)N=c2s/c(=C\c3ccc(-c4cccc(Cl)c4)o3)c(=O)n2[C@@H]1c1cccc(OC)c1. The average Bonchev–Trinajstić information content (AvgIpc) is 3.61. The molecule has 1 aliphatic rings. The smallest absolute Gasteiger partial charge is 0.338 e. The summed E-state index contributed by atoms with van der Waals surface area (Å²) in [7, 11) is 1.57. The highest BCUT2D eigenvalue weighted by atomic mass is 35.5. The van der Waals surface area contributed by atoms with Crippen LogP contribution in [-0.2, 0) is 9.53 Å². The minimum Gasteiger partial charge on any atom is -0.497 e. The first-order valence-corrected chi connectivity index (χ1v) is 14.4. The maximum Gasteiger partial charge on any atom is 0.338 e. The molecule has 42 heavy (non-hydrogen) atoms. The van der Waals surface area contributed by atoms with Crippen LogP contribution in [0.5, 0.6) is 5.75 Å². The first-order valence-electron chi connectivity index (χ1n) is 13.2. The fourth-order valence-corrected chi connectivity index (χ4v) is 6.10. The largest absolute Gasteiger partial charge is 0.497 e. The Morgan fingerprint density at radius 1 is 1.02 bits per heavy atom. The predicted molar refractivity (Wildman–Crippen MR) is 163 cm³/mol. The number of carbonyl (C=O) groups is 1. The van der Waals surface area contributed by atoms with Gasteiger partial charge in [-0.05, 0) is 48.9 Å². The first-order chi connectivity index (χ1) is 20.5. The molecule has 0 fully saturated rings. The van der Waals surface area contributed by atoms with E-state index in [1.54, 1.807) is 36.8 Å². The molecule has 0 bridgehead atoms. The molecular formula is C33H25ClN2O5S. The van der Waals surface area contributed by atoms with Crippen LogP contribution in [0.3, 0.4) is 0 Å². The fourth-order valence-electron chi connectivity index (χ4n) is 4.92. The second kappa shape index (κ2) is 11.7. The van der Waals surface area contributed by atoms with Crippen molar-refractivity contribution in [2.45, 2.75) is 13.0 Å². The Morgan fingerprint density at radius 2 is 1.81 bits per heavy atom. The van der Waals surface area contributed by atoms with E-state index in [1.165, 1.54) is 11.3 Å². The van der Waals surface area contributed by atoms with E-state index in [-0.39, 0.29) is 17.7 Å². The molecule has 7 nitrogen and oxygen atoms in total. The molecule has 9 heteroatoms. The molecule has 6 rings (SSSR count). The van der Waals surface area contributed by atoms with Crippen LogP contribution in [0, 0.1) is 0 Å². The van der Waals surface area contributed by atoms with Crippen LogP contribution in [-0.4, -0.2) is 24.3 Å². The molecule has 0 aliphatic carbocycles. The Morgan fingerprint density at radius 3 is 2.57 bits per heavy atom. The van der Waals surface area contributed by atoms with Crippen LogP contribution in [0.1, 0.15) is 29.9 Å². The molecule has 3 heterocycles. The molecule has 0 spiro atoms. The summed E-state index contributed by atoms with van der Waals surface area (Å²) in [5.74, 6) is 1.18. The number of furan rings is 1. The average molecular weight is 597 g/mol. The zero-order chi connectivity index (χ0) is 29.2. The van der Waals surface area contributed by atoms with Gasteiger partial charge in [0.15, 0.2) is 4.80 Å². The quantitative estimate of drug-likeness (QED) is 0.220. The lowest BCUT2D eigenvalue weighted by Crippen LogP contribution is -2.40. The number of esters is 1. The highest BCUT2D eigenvalue weighted by Crippen LogP contribution is 2.36. The number of halogens is 1. The molecule has 0 amide bonds. The number of rotatable bonds is 7. The molecule has 2 aromatic heterocycles. The summed E-state index contributed by atoms with van der Waals surface area (Å²) in [6.45, 7) is 1.92. The van der Waals surface area contributed by atoms with Crippen molar-refractivity contribution in [1.82, 2.24) is 4.57 Å². The third-order valence-electron chi connectivity index (χ3n) is 6.79. The Balaban J connectivity index is 1.57. The van der Waals surface area contributed by atoms with E-state index in [9.17, 15) is 9.59 Å². The molecule has 1 atom stereocenters. The normalized spacial score (nSPS) is 14.8. The Kier molecular flexibility index (Phi) is 7.65. The first kappa shape index (κ1) is 27.5. The molecule has 210 valence electrons. The Labute approximate surface area is 250 Å². The van der Waals surface area contributed by atoms with Gasteiger partial charge in [0, 0.05) is 22.2 Å². The van der Waals surface area contributed by atoms with Crippen LogP contribution in [0.25, 0.3) is 23.1 Å². The summed E-state index contributed by atoms with van der Waals surface area (Å²) in [6, 6.07) is 26.9. The van der Waals surface area contributed by atoms with Crippen molar-refractivity contribution in [2.24, 2.45) is 4.99 Å². The highest BCUT2D eigenvalue weighted by molar-refractivity contribution is 7.07. The van der Waals surface area contributed by atoms with Gasteiger partial charge in [-0.2, -0.15) is 0 Å². The number of hydrogen-bond donors (Lipinski definition) is 0. The number of carbonyl (C=O) groups excluding carboxylic acids is 1. The lowest BCUT2D eigenvalue weighted by Gasteiger charge is -2.26. The molecule has 5 aromatic rings. The maximum absolute atomic E-state index is 14.1. The maximum atomic E-state index is 14.1. The van der Waals surface area contributed by atoms with E-state index in [1.807, 2.05) is 78.9 Å². The molecule has 0 N–H and O–H groups in total. The monoisotopic (exact) mass is 596 g/mol. The minimum absolute atomic E-state index is 0.174. The van der Waals surface area contributed by atoms with Gasteiger partial charge in [0.25, 0.3) is 5.56 Å². The molecule has 3 aromatic carbocycles. The molecule has 0 saturated carbocycles. The topological polar surface area (TPSA) is 83.0 Å². The van der Waals surface area contributed by atoms with E-state index in [2.05, 4.69) is 0 Å². The number of fused-ring (bicyclic) bond motifs is 1. The summed E-state index contributed by atoms with van der Waals surface area (Å²) in [6.07, 6.45) is 1.69. The summed E-state index contributed by atoms with van der Waals surface area (Å²) in [5, 5.41) is 0.600. The van der Waals surface area contributed by atoms with Crippen LogP contribution >= 0.6 is 22.9 Å². The second-order valence-corrected chi connectivity index (χ2v) is 10.9. The van der Waals surface area contributed by atoms with E-state index in [0.29, 0.717) is 42.9 Å². The second-order valence-electron chi connectivity index (χ2n) is 9.42. The van der Waals surface area contributed by atoms with Crippen molar-refractivity contribution in [2.75, 3.05) is 13.7 Å². The van der Waals surface area contributed by atoms with Gasteiger partial charge in [0.1, 0.15) is 17.3 Å². The van der Waals surface area contributed by atoms with Crippen molar-refractivity contribution in [3.8, 4) is 17.1 Å². The third kappa shape index (κ3) is 5.22. The van der Waals surface area contributed by atoms with Crippen LogP contribution in [0.15, 0.2) is 111 Å². The number of aromatic nitrogens is 1. The lowest BCUT2D eigenvalue weighted by atomic mass is 9.93. The number of benzene rings is 3. The van der Waals surface area contributed by atoms with Gasteiger partial charge in [-0.25, -0.2) is 9.79 Å². The molecule has 0 radical (unpaired) electrons. The summed E-state index contributed by atoms with van der Waals surface area (Å²) >= 11 is 7.38. The predicted octanol–water partition coefficient (Wildman–Crippen LogP) is 5.86. The van der Waals surface area contributed by atoms with Gasteiger partial charge in [-0.15, -0.1) is 0 Å². The Bertz CT molecular complexity index is 2010. The van der Waals surface area contributed by atoms with E-state index >= 15 is 0 Å². The van der Waals surface area contributed by atoms with Gasteiger partial charge in [-0.1, -0.05) is 77.5 Å². The number of ether oxygens (including phenoxy) is 2. The van der Waals surface area contributed by atoms with Crippen LogP contribution in [0.2, 0.25) is 5.02 Å². The summed E-state index contributed by atoms with van der Waals surface area (Å²) in [5.41, 5.74) is 2.68. The van der Waals surface area contributed by atoms with Gasteiger partial charge in [0.2, 0.25) is 0 Å². The number of nitrogens with zero attached hydrogens (tertiary/aromatic N) is 2. The minimum atomic E-state index is -0.800. The van der Waals surface area contributed by atoms with E-state index < -0.39 is 12.0 Å². The zero-order valence-electron chi connectivity index (χ0n) is 22.7. The standard InChI is InChI=1S/C33H25ClN2O5S/c1-3-40-32(38)28-29(20-9-5-4-6-10-20)35-33-36(30(28)22-12-8-14-24(18-22)39-2)31(37)27(42-33)19-25-15-16-26(41-25)21-11-7-13-23(34)17-21/h4-19,30H,3H2,1-2H3/b27-19-/t30-/m1/s1. The number of thiazole rings is 1. The van der Waals surface area contributed by atoms with Gasteiger partial charge < -0.3 is 13.9 Å².